The summed E-state index contributed by atoms with van der Waals surface area (Å²) < 4.78 is 1.33. The van der Waals surface area contributed by atoms with Crippen molar-refractivity contribution in [2.45, 2.75) is 5.88 Å². The maximum absolute atomic E-state index is 12.9. The van der Waals surface area contributed by atoms with Crippen LogP contribution in [0.5, 0.6) is 0 Å². The van der Waals surface area contributed by atoms with Crippen LogP contribution in [0.3, 0.4) is 0 Å². The highest BCUT2D eigenvalue weighted by Crippen LogP contribution is 2.24. The fourth-order valence-electron chi connectivity index (χ4n) is 2.33. The van der Waals surface area contributed by atoms with Crippen molar-refractivity contribution in [2.24, 2.45) is 0 Å². The first-order valence-corrected chi connectivity index (χ1v) is 8.41. The molecule has 0 N–H and O–H groups in total. The average molecular weight is 395 g/mol. The van der Waals surface area contributed by atoms with Crippen molar-refractivity contribution in [1.82, 2.24) is 14.8 Å². The van der Waals surface area contributed by atoms with Crippen LogP contribution in [0.25, 0.3) is 5.69 Å². The van der Waals surface area contributed by atoms with Crippen LogP contribution in [-0.4, -0.2) is 25.8 Å². The molecule has 0 radical (unpaired) electrons. The summed E-state index contributed by atoms with van der Waals surface area (Å²) in [4.78, 5) is 28.2. The van der Waals surface area contributed by atoms with E-state index in [2.05, 4.69) is 10.1 Å². The number of nitrogens with zero attached hydrogens (tertiary/aromatic N) is 3. The second-order valence-electron chi connectivity index (χ2n) is 5.03. The van der Waals surface area contributed by atoms with Gasteiger partial charge in [-0.05, 0) is 29.8 Å². The third kappa shape index (κ3) is 3.58. The fraction of sp³-hybridized carbons (Fsp3) is 0.0588. The maximum atomic E-state index is 12.9. The Balaban J connectivity index is 2.18. The largest absolute Gasteiger partial charge is 0.291 e. The Morgan fingerprint density at radius 3 is 2.44 bits per heavy atom. The number of halogens is 3. The lowest BCUT2D eigenvalue weighted by Crippen LogP contribution is -2.10. The van der Waals surface area contributed by atoms with E-state index in [1.807, 2.05) is 6.07 Å². The molecule has 0 fully saturated rings. The van der Waals surface area contributed by atoms with E-state index in [1.54, 1.807) is 36.4 Å². The van der Waals surface area contributed by atoms with Gasteiger partial charge in [-0.2, -0.15) is 0 Å². The lowest BCUT2D eigenvalue weighted by Gasteiger charge is -2.11. The van der Waals surface area contributed by atoms with Crippen molar-refractivity contribution < 1.29 is 9.59 Å². The van der Waals surface area contributed by atoms with Crippen molar-refractivity contribution in [3.8, 4) is 5.69 Å². The summed E-state index contributed by atoms with van der Waals surface area (Å²) in [6, 6.07) is 13.5. The normalized spacial score (nSPS) is 10.7. The molecule has 3 rings (SSSR count). The molecule has 0 saturated heterocycles. The molecule has 0 spiro atoms. The van der Waals surface area contributed by atoms with Crippen LogP contribution in [0, 0.1) is 0 Å². The third-order valence-electron chi connectivity index (χ3n) is 3.44. The van der Waals surface area contributed by atoms with Crippen molar-refractivity contribution in [3.63, 3.8) is 0 Å². The second kappa shape index (κ2) is 7.35. The summed E-state index contributed by atoms with van der Waals surface area (Å²) >= 11 is 17.4. The summed E-state index contributed by atoms with van der Waals surface area (Å²) in [5.74, 6) is -0.160. The molecule has 3 aromatic rings. The van der Waals surface area contributed by atoms with Crippen molar-refractivity contribution in [3.05, 3.63) is 76.3 Å². The van der Waals surface area contributed by atoms with Crippen LogP contribution in [0.15, 0.2) is 48.5 Å². The third-order valence-corrected chi connectivity index (χ3v) is 4.08. The Labute approximate surface area is 158 Å². The van der Waals surface area contributed by atoms with Crippen molar-refractivity contribution in [1.29, 1.82) is 0 Å². The molecule has 1 aromatic heterocycles. The topological polar surface area (TPSA) is 64.8 Å². The first kappa shape index (κ1) is 17.6. The first-order chi connectivity index (χ1) is 12.0. The summed E-state index contributed by atoms with van der Waals surface area (Å²) in [6.45, 7) is 0. The molecule has 0 saturated carbocycles. The van der Waals surface area contributed by atoms with E-state index in [9.17, 15) is 9.59 Å². The molecule has 5 nitrogen and oxygen atoms in total. The maximum Gasteiger partial charge on any atom is 0.291 e. The van der Waals surface area contributed by atoms with E-state index in [-0.39, 0.29) is 23.3 Å². The van der Waals surface area contributed by atoms with Gasteiger partial charge in [-0.15, -0.1) is 16.7 Å². The number of rotatable bonds is 5. The number of hydrogen-bond acceptors (Lipinski definition) is 4. The Hall–Kier alpha value is -2.21. The molecule has 0 aliphatic rings. The van der Waals surface area contributed by atoms with Gasteiger partial charge in [0.2, 0.25) is 5.82 Å². The van der Waals surface area contributed by atoms with Gasteiger partial charge in [0.25, 0.3) is 5.24 Å². The molecule has 0 bridgehead atoms. The van der Waals surface area contributed by atoms with E-state index in [4.69, 9.17) is 34.8 Å². The zero-order valence-electron chi connectivity index (χ0n) is 12.6. The predicted octanol–water partition coefficient (Wildman–Crippen LogP) is 4.27. The molecule has 0 aliphatic heterocycles. The van der Waals surface area contributed by atoms with Gasteiger partial charge >= 0.3 is 0 Å². The van der Waals surface area contributed by atoms with E-state index in [0.29, 0.717) is 21.8 Å². The van der Waals surface area contributed by atoms with Gasteiger partial charge in [0.1, 0.15) is 5.82 Å². The molecule has 0 amide bonds. The fourth-order valence-corrected chi connectivity index (χ4v) is 2.75. The number of ketones is 1. The van der Waals surface area contributed by atoms with Gasteiger partial charge in [-0.1, -0.05) is 41.9 Å². The Bertz CT molecular complexity index is 955. The molecular weight excluding hydrogens is 385 g/mol. The zero-order chi connectivity index (χ0) is 18.0. The first-order valence-electron chi connectivity index (χ1n) is 7.12. The molecule has 126 valence electrons. The number of carbonyl (C=O) groups excluding carboxylic acids is 2. The SMILES string of the molecule is O=C(Cl)c1nc(CCl)n(-c2ccc(Cl)cc2C(=O)c2ccccc2)n1. The number of aromatic nitrogens is 3. The van der Waals surface area contributed by atoms with Gasteiger partial charge < -0.3 is 0 Å². The van der Waals surface area contributed by atoms with E-state index in [0.717, 1.165) is 0 Å². The second-order valence-corrected chi connectivity index (χ2v) is 6.07. The van der Waals surface area contributed by atoms with Gasteiger partial charge in [-0.3, -0.25) is 9.59 Å². The molecule has 2 aromatic carbocycles. The lowest BCUT2D eigenvalue weighted by atomic mass is 10.0. The molecule has 25 heavy (non-hydrogen) atoms. The van der Waals surface area contributed by atoms with Crippen LogP contribution >= 0.6 is 34.8 Å². The summed E-state index contributed by atoms with van der Waals surface area (Å²) in [6.07, 6.45) is 0. The molecule has 1 heterocycles. The van der Waals surface area contributed by atoms with Crippen LogP contribution in [0.4, 0.5) is 0 Å². The Kier molecular flexibility index (Phi) is 5.18. The molecule has 0 atom stereocenters. The quantitative estimate of drug-likeness (QED) is 0.368. The monoisotopic (exact) mass is 393 g/mol. The van der Waals surface area contributed by atoms with Crippen molar-refractivity contribution >= 4 is 45.8 Å². The highest BCUT2D eigenvalue weighted by Gasteiger charge is 2.21. The number of hydrogen-bond donors (Lipinski definition) is 0. The van der Waals surface area contributed by atoms with Crippen LogP contribution in [0.1, 0.15) is 32.4 Å². The summed E-state index contributed by atoms with van der Waals surface area (Å²) in [5, 5.41) is 3.64. The highest BCUT2D eigenvalue weighted by molar-refractivity contribution is 6.67. The van der Waals surface area contributed by atoms with Gasteiger partial charge in [-0.25, -0.2) is 9.67 Å². The number of alkyl halides is 1. The van der Waals surface area contributed by atoms with Gasteiger partial charge in [0, 0.05) is 16.1 Å². The smallest absolute Gasteiger partial charge is 0.289 e. The van der Waals surface area contributed by atoms with E-state index < -0.39 is 5.24 Å². The molecular formula is C17H10Cl3N3O2. The van der Waals surface area contributed by atoms with Gasteiger partial charge in [0.15, 0.2) is 5.78 Å². The Morgan fingerprint density at radius 1 is 1.08 bits per heavy atom. The average Bonchev–Trinajstić information content (AvgIpc) is 3.06. The minimum Gasteiger partial charge on any atom is -0.289 e. The van der Waals surface area contributed by atoms with Gasteiger partial charge in [0.05, 0.1) is 11.6 Å². The lowest BCUT2D eigenvalue weighted by molar-refractivity contribution is 0.103. The highest BCUT2D eigenvalue weighted by atomic mass is 35.5. The van der Waals surface area contributed by atoms with E-state index in [1.165, 1.54) is 10.7 Å². The molecule has 0 aliphatic carbocycles. The van der Waals surface area contributed by atoms with E-state index >= 15 is 0 Å². The standard InChI is InChI=1S/C17H10Cl3N3O2/c18-9-14-21-17(16(20)25)22-23(14)13-7-6-11(19)8-12(13)15(24)10-4-2-1-3-5-10/h1-8H,9H2. The predicted molar refractivity (Wildman–Crippen MR) is 96.0 cm³/mol. The van der Waals surface area contributed by atoms with Crippen LogP contribution < -0.4 is 0 Å². The zero-order valence-corrected chi connectivity index (χ0v) is 14.9. The number of benzene rings is 2. The minimum atomic E-state index is -0.810. The minimum absolute atomic E-state index is 0.0151. The summed E-state index contributed by atoms with van der Waals surface area (Å²) in [7, 11) is 0. The molecule has 8 heteroatoms. The van der Waals surface area contributed by atoms with Crippen molar-refractivity contribution in [2.75, 3.05) is 0 Å². The Morgan fingerprint density at radius 2 is 1.80 bits per heavy atom. The number of carbonyl (C=O) groups is 2. The van der Waals surface area contributed by atoms with Crippen LogP contribution in [-0.2, 0) is 5.88 Å². The summed E-state index contributed by atoms with van der Waals surface area (Å²) in [5.41, 5.74) is 1.21. The van der Waals surface area contributed by atoms with Crippen LogP contribution in [0.2, 0.25) is 5.02 Å². The molecule has 0 unspecified atom stereocenters.